The van der Waals surface area contributed by atoms with Crippen molar-refractivity contribution in [2.45, 2.75) is 32.3 Å². The van der Waals surface area contributed by atoms with Gasteiger partial charge in [-0.2, -0.15) is 0 Å². The lowest BCUT2D eigenvalue weighted by Gasteiger charge is -2.27. The van der Waals surface area contributed by atoms with E-state index in [0.29, 0.717) is 18.2 Å². The summed E-state index contributed by atoms with van der Waals surface area (Å²) in [6.45, 7) is 6.65. The summed E-state index contributed by atoms with van der Waals surface area (Å²) in [6, 6.07) is 11.9. The smallest absolute Gasteiger partial charge is 0.147 e. The van der Waals surface area contributed by atoms with Crippen LogP contribution in [0.3, 0.4) is 0 Å². The van der Waals surface area contributed by atoms with E-state index in [4.69, 9.17) is 26.2 Å². The fraction of sp³-hybridized carbons (Fsp3) is 0.455. The summed E-state index contributed by atoms with van der Waals surface area (Å²) in [4.78, 5) is 0. The molecule has 0 amide bonds. The Morgan fingerprint density at radius 2 is 1.59 bits per heavy atom. The molecule has 4 nitrogen and oxygen atoms in total. The lowest BCUT2D eigenvalue weighted by Crippen LogP contribution is -2.21. The van der Waals surface area contributed by atoms with E-state index in [1.165, 1.54) is 0 Å². The van der Waals surface area contributed by atoms with Crippen LogP contribution in [0.15, 0.2) is 45.3 Å². The predicted molar refractivity (Wildman–Crippen MR) is 124 cm³/mol. The normalized spacial score (nSPS) is 13.8. The second-order valence-corrected chi connectivity index (χ2v) is 9.65. The van der Waals surface area contributed by atoms with Gasteiger partial charge in [0.1, 0.15) is 24.2 Å². The molecule has 2 aromatic carbocycles. The van der Waals surface area contributed by atoms with E-state index >= 15 is 0 Å². The van der Waals surface area contributed by atoms with Crippen LogP contribution in [0.5, 0.6) is 11.5 Å². The third kappa shape index (κ3) is 6.59. The van der Waals surface area contributed by atoms with E-state index in [9.17, 15) is 5.11 Å². The Bertz CT molecular complexity index is 773. The van der Waals surface area contributed by atoms with Crippen LogP contribution in [0.4, 0.5) is 0 Å². The van der Waals surface area contributed by atoms with Crippen molar-refractivity contribution in [1.29, 1.82) is 0 Å². The van der Waals surface area contributed by atoms with Gasteiger partial charge in [0.05, 0.1) is 22.2 Å². The third-order valence-electron chi connectivity index (χ3n) is 4.72. The van der Waals surface area contributed by atoms with Crippen LogP contribution in [0.25, 0.3) is 0 Å². The molecule has 0 unspecified atom stereocenters. The zero-order valence-electron chi connectivity index (χ0n) is 16.8. The molecule has 0 heterocycles. The zero-order valence-corrected chi connectivity index (χ0v) is 20.7. The summed E-state index contributed by atoms with van der Waals surface area (Å²) in [5.74, 6) is 2.24. The predicted octanol–water partition coefficient (Wildman–Crippen LogP) is 5.52. The molecule has 0 aliphatic heterocycles. The van der Waals surface area contributed by atoms with Gasteiger partial charge in [-0.3, -0.25) is 0 Å². The van der Waals surface area contributed by atoms with E-state index in [-0.39, 0.29) is 24.5 Å². The summed E-state index contributed by atoms with van der Waals surface area (Å²) >= 11 is 13.1. The lowest BCUT2D eigenvalue weighted by molar-refractivity contribution is 0.0536. The van der Waals surface area contributed by atoms with Crippen LogP contribution in [0.2, 0.25) is 0 Å². The van der Waals surface area contributed by atoms with Crippen LogP contribution in [0.1, 0.15) is 31.9 Å². The topological polar surface area (TPSA) is 58.9 Å². The first kappa shape index (κ1) is 24.5. The van der Waals surface area contributed by atoms with Crippen molar-refractivity contribution in [3.8, 4) is 11.5 Å². The highest BCUT2D eigenvalue weighted by atomic mass is 79.9. The Labute approximate surface area is 194 Å². The minimum atomic E-state index is -0.881. The Morgan fingerprint density at radius 1 is 1.00 bits per heavy atom. The van der Waals surface area contributed by atoms with Gasteiger partial charge in [0.25, 0.3) is 0 Å². The number of hydrogen-bond acceptors (Lipinski definition) is 4. The summed E-state index contributed by atoms with van der Waals surface area (Å²) in [5.41, 5.74) is 1.99. The molecule has 2 atom stereocenters. The Hall–Kier alpha value is -0.790. The fourth-order valence-corrected chi connectivity index (χ4v) is 4.21. The average Bonchev–Trinajstić information content (AvgIpc) is 2.71. The first-order chi connectivity index (χ1) is 13.7. The maximum absolute atomic E-state index is 9.41. The van der Waals surface area contributed by atoms with Crippen LogP contribution in [0, 0.1) is 5.92 Å². The molecule has 0 aliphatic carbocycles. The van der Waals surface area contributed by atoms with Gasteiger partial charge >= 0.3 is 0 Å². The largest absolute Gasteiger partial charge is 0.491 e. The van der Waals surface area contributed by atoms with Gasteiger partial charge in [-0.1, -0.05) is 32.9 Å². The number of aliphatic hydroxyl groups is 2. The second kappa shape index (κ2) is 11.0. The molecule has 0 aromatic heterocycles. The number of halogens is 3. The monoisotopic (exact) mass is 548 g/mol. The number of rotatable bonds is 10. The highest BCUT2D eigenvalue weighted by Crippen LogP contribution is 2.41. The SMILES string of the molecule is C[C@@H](CCl)COc1c(Br)cc(C(C)(C)c2ccc(OC[C@H](O)CO)cc2)cc1Br. The number of alkyl halides is 1. The quantitative estimate of drug-likeness (QED) is 0.383. The number of benzene rings is 2. The first-order valence-corrected chi connectivity index (χ1v) is 11.5. The van der Waals surface area contributed by atoms with E-state index in [1.54, 1.807) is 0 Å². The molecule has 0 saturated heterocycles. The molecule has 0 radical (unpaired) electrons. The Kier molecular flexibility index (Phi) is 9.29. The van der Waals surface area contributed by atoms with Crippen LogP contribution >= 0.6 is 43.5 Å². The molecule has 0 saturated carbocycles. The van der Waals surface area contributed by atoms with Crippen LogP contribution in [-0.2, 0) is 5.41 Å². The highest BCUT2D eigenvalue weighted by Gasteiger charge is 2.25. The lowest BCUT2D eigenvalue weighted by atomic mass is 9.78. The summed E-state index contributed by atoms with van der Waals surface area (Å²) in [7, 11) is 0. The van der Waals surface area contributed by atoms with E-state index < -0.39 is 6.10 Å². The van der Waals surface area contributed by atoms with Gasteiger partial charge in [0, 0.05) is 17.2 Å². The van der Waals surface area contributed by atoms with Gasteiger partial charge in [-0.25, -0.2) is 0 Å². The molecular weight excluding hydrogens is 523 g/mol. The third-order valence-corrected chi connectivity index (χ3v) is 6.43. The molecule has 7 heteroatoms. The molecule has 0 spiro atoms. The summed E-state index contributed by atoms with van der Waals surface area (Å²) in [6.07, 6.45) is -0.881. The van der Waals surface area contributed by atoms with Crippen molar-refractivity contribution >= 4 is 43.5 Å². The van der Waals surface area contributed by atoms with E-state index in [0.717, 1.165) is 25.8 Å². The van der Waals surface area contributed by atoms with Crippen molar-refractivity contribution in [2.24, 2.45) is 5.92 Å². The molecule has 0 aliphatic rings. The second-order valence-electron chi connectivity index (χ2n) is 7.64. The van der Waals surface area contributed by atoms with Crippen molar-refractivity contribution in [3.63, 3.8) is 0 Å². The van der Waals surface area contributed by atoms with Crippen LogP contribution in [-0.4, -0.2) is 42.0 Å². The Morgan fingerprint density at radius 3 is 2.10 bits per heavy atom. The van der Waals surface area contributed by atoms with E-state index in [2.05, 4.69) is 57.8 Å². The maximum atomic E-state index is 9.41. The standard InChI is InChI=1S/C22H27Br2ClO4/c1-14(10-25)12-29-21-19(23)8-16(9-20(21)24)22(2,3)15-4-6-18(7-5-15)28-13-17(27)11-26/h4-9,14,17,26-27H,10-13H2,1-3H3/t14-,17+/m0/s1. The summed E-state index contributed by atoms with van der Waals surface area (Å²) < 4.78 is 13.2. The van der Waals surface area contributed by atoms with Crippen LogP contribution < -0.4 is 9.47 Å². The molecule has 0 bridgehead atoms. The molecule has 2 aromatic rings. The number of hydrogen-bond donors (Lipinski definition) is 2. The minimum absolute atomic E-state index is 0.0585. The van der Waals surface area contributed by atoms with Crippen molar-refractivity contribution in [1.82, 2.24) is 0 Å². The Balaban J connectivity index is 2.19. The first-order valence-electron chi connectivity index (χ1n) is 9.39. The highest BCUT2D eigenvalue weighted by molar-refractivity contribution is 9.11. The van der Waals surface area contributed by atoms with Gasteiger partial charge in [0.15, 0.2) is 0 Å². The molecule has 160 valence electrons. The maximum Gasteiger partial charge on any atom is 0.147 e. The van der Waals surface area contributed by atoms with Gasteiger partial charge < -0.3 is 19.7 Å². The molecule has 2 rings (SSSR count). The summed E-state index contributed by atoms with van der Waals surface area (Å²) in [5, 5.41) is 18.3. The van der Waals surface area contributed by atoms with Crippen molar-refractivity contribution in [2.75, 3.05) is 25.7 Å². The van der Waals surface area contributed by atoms with Crippen molar-refractivity contribution in [3.05, 3.63) is 56.5 Å². The average molecular weight is 551 g/mol. The molecule has 0 fully saturated rings. The van der Waals surface area contributed by atoms with E-state index in [1.807, 2.05) is 31.2 Å². The number of ether oxygens (including phenoxy) is 2. The molecular formula is C22H27Br2ClO4. The van der Waals surface area contributed by atoms with Gasteiger partial charge in [0.2, 0.25) is 0 Å². The molecule has 29 heavy (non-hydrogen) atoms. The zero-order chi connectivity index (χ0) is 21.6. The van der Waals surface area contributed by atoms with Crippen molar-refractivity contribution < 1.29 is 19.7 Å². The fourth-order valence-electron chi connectivity index (χ4n) is 2.71. The minimum Gasteiger partial charge on any atom is -0.491 e. The van der Waals surface area contributed by atoms with Gasteiger partial charge in [-0.05, 0) is 67.3 Å². The van der Waals surface area contributed by atoms with Gasteiger partial charge in [-0.15, -0.1) is 11.6 Å². The molecule has 2 N–H and O–H groups in total. The number of aliphatic hydroxyl groups excluding tert-OH is 2.